The summed E-state index contributed by atoms with van der Waals surface area (Å²) in [5, 5.41) is 16.6. The fourth-order valence-electron chi connectivity index (χ4n) is 0.867. The first-order chi connectivity index (χ1) is 6.07. The summed E-state index contributed by atoms with van der Waals surface area (Å²) < 4.78 is 25.7. The van der Waals surface area contributed by atoms with Gasteiger partial charge in [0.15, 0.2) is 5.82 Å². The summed E-state index contributed by atoms with van der Waals surface area (Å²) in [6.45, 7) is -0.350. The van der Waals surface area contributed by atoms with Crippen molar-refractivity contribution in [2.75, 3.05) is 0 Å². The van der Waals surface area contributed by atoms with Gasteiger partial charge in [-0.15, -0.1) is 0 Å². The molecule has 0 bridgehead atoms. The molecule has 1 aromatic carbocycles. The normalized spacial score (nSPS) is 10.5. The van der Waals surface area contributed by atoms with Crippen LogP contribution in [0.1, 0.15) is 5.56 Å². The number of aromatic hydroxyl groups is 1. The van der Waals surface area contributed by atoms with Crippen LogP contribution in [0.2, 0.25) is 5.02 Å². The topological polar surface area (TPSA) is 52.5 Å². The molecule has 0 saturated carbocycles. The first-order valence-corrected chi connectivity index (χ1v) is 3.68. The Morgan fingerprint density at radius 3 is 2.62 bits per heavy atom. The van der Waals surface area contributed by atoms with Crippen LogP contribution in [0.3, 0.4) is 0 Å². The fraction of sp³-hybridized carbons (Fsp3) is 0.143. The SMILES string of the molecule is ONCc1c(O)cc(F)c(Cl)c1F. The second kappa shape index (κ2) is 3.87. The van der Waals surface area contributed by atoms with Crippen LogP contribution in [-0.2, 0) is 6.54 Å². The van der Waals surface area contributed by atoms with Crippen molar-refractivity contribution >= 4 is 11.6 Å². The van der Waals surface area contributed by atoms with E-state index in [1.165, 1.54) is 0 Å². The van der Waals surface area contributed by atoms with Crippen molar-refractivity contribution in [3.63, 3.8) is 0 Å². The number of nitrogens with one attached hydrogen (secondary N) is 1. The number of phenolic OH excluding ortho intramolecular Hbond substituents is 1. The van der Waals surface area contributed by atoms with Crippen LogP contribution in [0.4, 0.5) is 8.78 Å². The highest BCUT2D eigenvalue weighted by atomic mass is 35.5. The van der Waals surface area contributed by atoms with Gasteiger partial charge in [-0.05, 0) is 0 Å². The van der Waals surface area contributed by atoms with Gasteiger partial charge in [0.05, 0.1) is 6.54 Å². The van der Waals surface area contributed by atoms with Crippen LogP contribution >= 0.6 is 11.6 Å². The highest BCUT2D eigenvalue weighted by Crippen LogP contribution is 2.29. The summed E-state index contributed by atoms with van der Waals surface area (Å²) in [7, 11) is 0. The minimum Gasteiger partial charge on any atom is -0.507 e. The maximum Gasteiger partial charge on any atom is 0.153 e. The van der Waals surface area contributed by atoms with E-state index in [0.717, 1.165) is 0 Å². The van der Waals surface area contributed by atoms with Gasteiger partial charge in [0.2, 0.25) is 0 Å². The number of halogens is 3. The third kappa shape index (κ3) is 1.88. The third-order valence-corrected chi connectivity index (χ3v) is 1.84. The lowest BCUT2D eigenvalue weighted by Gasteiger charge is -2.06. The molecule has 0 unspecified atom stereocenters. The van der Waals surface area contributed by atoms with Crippen molar-refractivity contribution in [3.05, 3.63) is 28.3 Å². The number of phenols is 1. The van der Waals surface area contributed by atoms with Crippen LogP contribution in [-0.4, -0.2) is 10.3 Å². The van der Waals surface area contributed by atoms with Gasteiger partial charge in [-0.1, -0.05) is 11.6 Å². The Hall–Kier alpha value is -0.910. The molecule has 0 aliphatic carbocycles. The van der Waals surface area contributed by atoms with Crippen molar-refractivity contribution in [3.8, 4) is 5.75 Å². The Bertz CT molecular complexity index is 333. The van der Waals surface area contributed by atoms with E-state index in [2.05, 4.69) is 0 Å². The molecule has 0 fully saturated rings. The largest absolute Gasteiger partial charge is 0.507 e. The van der Waals surface area contributed by atoms with E-state index in [4.69, 9.17) is 21.9 Å². The van der Waals surface area contributed by atoms with E-state index >= 15 is 0 Å². The number of hydrogen-bond acceptors (Lipinski definition) is 3. The van der Waals surface area contributed by atoms with Gasteiger partial charge in [0, 0.05) is 11.6 Å². The molecule has 0 heterocycles. The molecule has 0 atom stereocenters. The average molecular weight is 210 g/mol. The summed E-state index contributed by atoms with van der Waals surface area (Å²) in [5.74, 6) is -2.72. The fourth-order valence-corrected chi connectivity index (χ4v) is 1.04. The van der Waals surface area contributed by atoms with Crippen LogP contribution in [0.25, 0.3) is 0 Å². The first-order valence-electron chi connectivity index (χ1n) is 3.30. The zero-order valence-corrected chi connectivity index (χ0v) is 7.07. The molecule has 0 aliphatic rings. The molecule has 3 nitrogen and oxygen atoms in total. The van der Waals surface area contributed by atoms with Crippen LogP contribution in [0.5, 0.6) is 5.75 Å². The smallest absolute Gasteiger partial charge is 0.153 e. The molecule has 0 aromatic heterocycles. The molecular weight excluding hydrogens is 204 g/mol. The molecule has 72 valence electrons. The van der Waals surface area contributed by atoms with Gasteiger partial charge in [-0.3, -0.25) is 0 Å². The summed E-state index contributed by atoms with van der Waals surface area (Å²) in [4.78, 5) is 0. The van der Waals surface area contributed by atoms with Crippen LogP contribution in [0, 0.1) is 11.6 Å². The molecule has 1 aromatic rings. The Morgan fingerprint density at radius 1 is 1.46 bits per heavy atom. The lowest BCUT2D eigenvalue weighted by Crippen LogP contribution is -2.09. The molecular formula is C7H6ClF2NO2. The third-order valence-electron chi connectivity index (χ3n) is 1.50. The van der Waals surface area contributed by atoms with Gasteiger partial charge in [0.1, 0.15) is 16.6 Å². The minimum atomic E-state index is -1.08. The quantitative estimate of drug-likeness (QED) is 0.514. The maximum atomic E-state index is 13.0. The second-order valence-electron chi connectivity index (χ2n) is 2.32. The monoisotopic (exact) mass is 209 g/mol. The molecule has 0 radical (unpaired) electrons. The standard InChI is InChI=1S/C7H6ClF2NO2/c8-6-4(9)1-5(12)3(2-11-13)7(6)10/h1,11-13H,2H2. The van der Waals surface area contributed by atoms with E-state index in [1.807, 2.05) is 0 Å². The van der Waals surface area contributed by atoms with Gasteiger partial charge >= 0.3 is 0 Å². The van der Waals surface area contributed by atoms with E-state index in [1.54, 1.807) is 5.48 Å². The number of rotatable bonds is 2. The van der Waals surface area contributed by atoms with Gasteiger partial charge < -0.3 is 10.3 Å². The summed E-state index contributed by atoms with van der Waals surface area (Å²) >= 11 is 5.22. The molecule has 13 heavy (non-hydrogen) atoms. The van der Waals surface area contributed by atoms with Crippen LogP contribution < -0.4 is 5.48 Å². The van der Waals surface area contributed by atoms with E-state index in [-0.39, 0.29) is 12.1 Å². The molecule has 0 saturated heterocycles. The molecule has 1 rings (SSSR count). The second-order valence-corrected chi connectivity index (χ2v) is 2.70. The number of hydrogen-bond donors (Lipinski definition) is 3. The van der Waals surface area contributed by atoms with Crippen molar-refractivity contribution in [2.45, 2.75) is 6.54 Å². The summed E-state index contributed by atoms with van der Waals surface area (Å²) in [5.41, 5.74) is 1.35. The van der Waals surface area contributed by atoms with Crippen molar-refractivity contribution in [1.29, 1.82) is 0 Å². The Morgan fingerprint density at radius 2 is 2.08 bits per heavy atom. The van der Waals surface area contributed by atoms with E-state index in [9.17, 15) is 8.78 Å². The molecule has 0 aliphatic heterocycles. The zero-order chi connectivity index (χ0) is 10.0. The molecule has 3 N–H and O–H groups in total. The van der Waals surface area contributed by atoms with E-state index in [0.29, 0.717) is 6.07 Å². The average Bonchev–Trinajstić information content (AvgIpc) is 2.09. The maximum absolute atomic E-state index is 13.0. The highest BCUT2D eigenvalue weighted by Gasteiger charge is 2.16. The van der Waals surface area contributed by atoms with Crippen molar-refractivity contribution in [1.82, 2.24) is 5.48 Å². The zero-order valence-electron chi connectivity index (χ0n) is 6.31. The van der Waals surface area contributed by atoms with Gasteiger partial charge in [-0.2, -0.15) is 0 Å². The van der Waals surface area contributed by atoms with Crippen molar-refractivity contribution in [2.24, 2.45) is 0 Å². The lowest BCUT2D eigenvalue weighted by atomic mass is 10.2. The van der Waals surface area contributed by atoms with E-state index < -0.39 is 22.4 Å². The predicted molar refractivity (Wildman–Crippen MR) is 41.7 cm³/mol. The molecule has 6 heteroatoms. The Kier molecular flexibility index (Phi) is 3.02. The summed E-state index contributed by atoms with van der Waals surface area (Å²) in [6.07, 6.45) is 0. The highest BCUT2D eigenvalue weighted by molar-refractivity contribution is 6.31. The first kappa shape index (κ1) is 10.2. The Labute approximate surface area is 77.5 Å². The van der Waals surface area contributed by atoms with Crippen LogP contribution in [0.15, 0.2) is 6.07 Å². The number of hydroxylamine groups is 1. The number of benzene rings is 1. The minimum absolute atomic E-state index is 0.283. The van der Waals surface area contributed by atoms with Gasteiger partial charge in [0.25, 0.3) is 0 Å². The molecule has 0 amide bonds. The van der Waals surface area contributed by atoms with Crippen molar-refractivity contribution < 1.29 is 19.1 Å². The lowest BCUT2D eigenvalue weighted by molar-refractivity contribution is 0.158. The molecule has 0 spiro atoms. The summed E-state index contributed by atoms with van der Waals surface area (Å²) in [6, 6.07) is 0.679. The van der Waals surface area contributed by atoms with Gasteiger partial charge in [-0.25, -0.2) is 14.3 Å². The Balaban J connectivity index is 3.26. The predicted octanol–water partition coefficient (Wildman–Crippen LogP) is 1.80.